The Hall–Kier alpha value is -1.43. The topological polar surface area (TPSA) is 68.3 Å². The largest absolute Gasteiger partial charge is 0.466 e. The smallest absolute Gasteiger partial charge is 0.262 e. The quantitative estimate of drug-likeness (QED) is 0.643. The minimum Gasteiger partial charge on any atom is -0.466 e. The highest BCUT2D eigenvalue weighted by molar-refractivity contribution is 9.09. The van der Waals surface area contributed by atoms with E-state index in [4.69, 9.17) is 4.74 Å². The second-order valence-corrected chi connectivity index (χ2v) is 3.50. The van der Waals surface area contributed by atoms with Crippen LogP contribution in [0, 0.1) is 0 Å². The van der Waals surface area contributed by atoms with E-state index in [1.165, 1.54) is 0 Å². The van der Waals surface area contributed by atoms with E-state index in [9.17, 15) is 9.59 Å². The molecule has 15 heavy (non-hydrogen) atoms. The molecule has 0 spiro atoms. The number of alkyl halides is 1. The van der Waals surface area contributed by atoms with Gasteiger partial charge in [0.1, 0.15) is 11.4 Å². The number of anilines is 1. The van der Waals surface area contributed by atoms with Crippen LogP contribution in [0.1, 0.15) is 10.5 Å². The first kappa shape index (κ1) is 10.1. The van der Waals surface area contributed by atoms with E-state index in [0.717, 1.165) is 0 Å². The third-order valence-electron chi connectivity index (χ3n) is 1.88. The molecular weight excluding hydrogens is 264 g/mol. The molecule has 2 heterocycles. The molecule has 0 bridgehead atoms. The number of ether oxygens (including phenoxy) is 1. The van der Waals surface area contributed by atoms with Gasteiger partial charge in [-0.25, -0.2) is 4.98 Å². The molecular formula is C9H7BrN2O3. The summed E-state index contributed by atoms with van der Waals surface area (Å²) in [5.74, 6) is -0.0523. The number of hydrogen-bond donors (Lipinski definition) is 1. The Morgan fingerprint density at radius 1 is 1.60 bits per heavy atom. The van der Waals surface area contributed by atoms with E-state index in [-0.39, 0.29) is 23.6 Å². The number of rotatable bonds is 2. The number of ketones is 1. The Balaban J connectivity index is 2.34. The summed E-state index contributed by atoms with van der Waals surface area (Å²) in [6, 6.07) is 3.16. The summed E-state index contributed by atoms with van der Waals surface area (Å²) in [5, 5.41) is 2.81. The molecule has 0 aliphatic carbocycles. The lowest BCUT2D eigenvalue weighted by atomic mass is 10.2. The number of nitrogens with one attached hydrogen (secondary N) is 1. The lowest BCUT2D eigenvalue weighted by Crippen LogP contribution is -2.26. The number of hydrogen-bond acceptors (Lipinski definition) is 4. The average molecular weight is 271 g/mol. The molecule has 1 aliphatic heterocycles. The van der Waals surface area contributed by atoms with Crippen molar-refractivity contribution >= 4 is 33.3 Å². The molecule has 0 saturated heterocycles. The maximum absolute atomic E-state index is 11.3. The van der Waals surface area contributed by atoms with Crippen molar-refractivity contribution in [3.63, 3.8) is 0 Å². The van der Waals surface area contributed by atoms with Gasteiger partial charge in [0.05, 0.1) is 5.33 Å². The van der Waals surface area contributed by atoms with Crippen molar-refractivity contribution in [3.8, 4) is 5.88 Å². The third-order valence-corrected chi connectivity index (χ3v) is 2.39. The maximum atomic E-state index is 11.3. The Kier molecular flexibility index (Phi) is 2.68. The highest BCUT2D eigenvalue weighted by Crippen LogP contribution is 2.25. The summed E-state index contributed by atoms with van der Waals surface area (Å²) in [6.45, 7) is -0.0635. The summed E-state index contributed by atoms with van der Waals surface area (Å²) in [6.07, 6.45) is 0. The number of aromatic nitrogens is 1. The van der Waals surface area contributed by atoms with Gasteiger partial charge in [-0.3, -0.25) is 9.59 Å². The van der Waals surface area contributed by atoms with E-state index in [2.05, 4.69) is 26.2 Å². The van der Waals surface area contributed by atoms with Gasteiger partial charge in [0.15, 0.2) is 12.4 Å². The summed E-state index contributed by atoms with van der Waals surface area (Å²) < 4.78 is 5.08. The van der Waals surface area contributed by atoms with Gasteiger partial charge < -0.3 is 10.1 Å². The Morgan fingerprint density at radius 2 is 2.40 bits per heavy atom. The Labute approximate surface area is 94.0 Å². The molecule has 0 aromatic carbocycles. The highest BCUT2D eigenvalue weighted by atomic mass is 79.9. The molecule has 2 rings (SSSR count). The predicted molar refractivity (Wildman–Crippen MR) is 56.5 cm³/mol. The molecule has 1 aliphatic rings. The standard InChI is InChI=1S/C9H7BrN2O3/c10-3-7(13)5-1-2-6-9(12-5)15-4-8(14)11-6/h1-2H,3-4H2,(H,11,14). The predicted octanol–water partition coefficient (Wildman–Crippen LogP) is 0.990. The second-order valence-electron chi connectivity index (χ2n) is 2.94. The van der Waals surface area contributed by atoms with E-state index in [1.54, 1.807) is 12.1 Å². The van der Waals surface area contributed by atoms with Crippen LogP contribution in [0.25, 0.3) is 0 Å². The molecule has 6 heteroatoms. The van der Waals surface area contributed by atoms with Crippen molar-refractivity contribution in [2.75, 3.05) is 17.3 Å². The molecule has 0 atom stereocenters. The van der Waals surface area contributed by atoms with Crippen molar-refractivity contribution in [1.82, 2.24) is 4.98 Å². The molecule has 0 unspecified atom stereocenters. The van der Waals surface area contributed by atoms with E-state index in [0.29, 0.717) is 17.3 Å². The monoisotopic (exact) mass is 270 g/mol. The fraction of sp³-hybridized carbons (Fsp3) is 0.222. The summed E-state index contributed by atoms with van der Waals surface area (Å²) in [7, 11) is 0. The number of Topliss-reactive ketones (excluding diaryl/α,β-unsaturated/α-hetero) is 1. The van der Waals surface area contributed by atoms with Gasteiger partial charge in [0.2, 0.25) is 5.88 Å². The zero-order chi connectivity index (χ0) is 10.8. The Morgan fingerprint density at radius 3 is 3.13 bits per heavy atom. The molecule has 1 aromatic rings. The van der Waals surface area contributed by atoms with Gasteiger partial charge in [0, 0.05) is 0 Å². The highest BCUT2D eigenvalue weighted by Gasteiger charge is 2.18. The number of pyridine rings is 1. The number of nitrogens with zero attached hydrogens (tertiary/aromatic N) is 1. The van der Waals surface area contributed by atoms with Gasteiger partial charge in [-0.15, -0.1) is 0 Å². The first-order chi connectivity index (χ1) is 7.20. The average Bonchev–Trinajstić information content (AvgIpc) is 2.27. The summed E-state index contributed by atoms with van der Waals surface area (Å²) >= 11 is 3.06. The van der Waals surface area contributed by atoms with Crippen LogP contribution >= 0.6 is 15.9 Å². The van der Waals surface area contributed by atoms with E-state index >= 15 is 0 Å². The van der Waals surface area contributed by atoms with E-state index in [1.807, 2.05) is 0 Å². The van der Waals surface area contributed by atoms with Crippen LogP contribution in [-0.4, -0.2) is 28.6 Å². The van der Waals surface area contributed by atoms with Gasteiger partial charge in [0.25, 0.3) is 5.91 Å². The zero-order valence-electron chi connectivity index (χ0n) is 7.62. The van der Waals surface area contributed by atoms with Crippen molar-refractivity contribution in [2.45, 2.75) is 0 Å². The minimum absolute atomic E-state index is 0.0635. The molecule has 0 fully saturated rings. The number of carbonyl (C=O) groups excluding carboxylic acids is 2. The number of fused-ring (bicyclic) bond motifs is 1. The molecule has 0 radical (unpaired) electrons. The molecule has 0 saturated carbocycles. The van der Waals surface area contributed by atoms with Crippen LogP contribution in [0.4, 0.5) is 5.69 Å². The van der Waals surface area contributed by atoms with Gasteiger partial charge in [-0.05, 0) is 12.1 Å². The van der Waals surface area contributed by atoms with Crippen molar-refractivity contribution < 1.29 is 14.3 Å². The van der Waals surface area contributed by atoms with Crippen LogP contribution in [0.15, 0.2) is 12.1 Å². The lowest BCUT2D eigenvalue weighted by molar-refractivity contribution is -0.118. The van der Waals surface area contributed by atoms with Crippen LogP contribution in [0.5, 0.6) is 5.88 Å². The SMILES string of the molecule is O=C1COc2nc(C(=O)CBr)ccc2N1. The lowest BCUT2D eigenvalue weighted by Gasteiger charge is -2.16. The molecule has 78 valence electrons. The first-order valence-corrected chi connectivity index (χ1v) is 5.35. The maximum Gasteiger partial charge on any atom is 0.262 e. The Bertz CT molecular complexity index is 433. The number of halogens is 1. The minimum atomic E-state index is -0.219. The molecule has 1 aromatic heterocycles. The third kappa shape index (κ3) is 1.99. The van der Waals surface area contributed by atoms with Crippen molar-refractivity contribution in [2.24, 2.45) is 0 Å². The molecule has 1 N–H and O–H groups in total. The fourth-order valence-corrected chi connectivity index (χ4v) is 1.48. The summed E-state index contributed by atoms with van der Waals surface area (Å²) in [5.41, 5.74) is 0.819. The van der Waals surface area contributed by atoms with E-state index < -0.39 is 0 Å². The fourth-order valence-electron chi connectivity index (χ4n) is 1.19. The first-order valence-electron chi connectivity index (χ1n) is 4.23. The van der Waals surface area contributed by atoms with Crippen LogP contribution in [0.2, 0.25) is 0 Å². The number of amides is 1. The van der Waals surface area contributed by atoms with Crippen LogP contribution in [-0.2, 0) is 4.79 Å². The second kappa shape index (κ2) is 3.98. The van der Waals surface area contributed by atoms with Crippen LogP contribution in [0.3, 0.4) is 0 Å². The normalized spacial score (nSPS) is 13.8. The van der Waals surface area contributed by atoms with Gasteiger partial charge in [-0.2, -0.15) is 0 Å². The zero-order valence-corrected chi connectivity index (χ0v) is 9.20. The molecule has 5 nitrogen and oxygen atoms in total. The van der Waals surface area contributed by atoms with Gasteiger partial charge in [-0.1, -0.05) is 15.9 Å². The van der Waals surface area contributed by atoms with Crippen molar-refractivity contribution in [3.05, 3.63) is 17.8 Å². The van der Waals surface area contributed by atoms with Gasteiger partial charge >= 0.3 is 0 Å². The van der Waals surface area contributed by atoms with Crippen molar-refractivity contribution in [1.29, 1.82) is 0 Å². The molecule has 1 amide bonds. The van der Waals surface area contributed by atoms with Crippen LogP contribution < -0.4 is 10.1 Å². The number of carbonyl (C=O) groups is 2. The summed E-state index contributed by atoms with van der Waals surface area (Å²) in [4.78, 5) is 26.3.